The molecule has 0 spiro atoms. The number of anilines is 1. The molecule has 1 heterocycles. The first kappa shape index (κ1) is 13.9. The largest absolute Gasteiger partial charge is 0.379 e. The first-order chi connectivity index (χ1) is 8.11. The van der Waals surface area contributed by atoms with E-state index in [1.54, 1.807) is 0 Å². The summed E-state index contributed by atoms with van der Waals surface area (Å²) in [4.78, 5) is 8.67. The summed E-state index contributed by atoms with van der Waals surface area (Å²) >= 11 is 0. The monoisotopic (exact) mass is 237 g/mol. The van der Waals surface area contributed by atoms with E-state index >= 15 is 0 Å². The van der Waals surface area contributed by atoms with Crippen molar-refractivity contribution in [3.63, 3.8) is 0 Å². The molecule has 0 bridgehead atoms. The van der Waals surface area contributed by atoms with Gasteiger partial charge in [-0.15, -0.1) is 0 Å². The molecule has 0 aliphatic rings. The van der Waals surface area contributed by atoms with Crippen LogP contribution in [0.1, 0.15) is 32.3 Å². The van der Waals surface area contributed by atoms with Crippen molar-refractivity contribution in [2.24, 2.45) is 5.92 Å². The average Bonchev–Trinajstić information content (AvgIpc) is 2.27. The minimum Gasteiger partial charge on any atom is -0.379 e. The van der Waals surface area contributed by atoms with Crippen LogP contribution in [0.4, 0.5) is 5.82 Å². The standard InChI is InChI=1S/C13H23N3O/c1-5-12-8-13(16-11(4)15-12)14-6-7-17-9-10(2)3/h8,10H,5-7,9H2,1-4H3,(H,14,15,16). The van der Waals surface area contributed by atoms with Crippen LogP contribution in [0, 0.1) is 12.8 Å². The smallest absolute Gasteiger partial charge is 0.130 e. The van der Waals surface area contributed by atoms with Gasteiger partial charge in [0.25, 0.3) is 0 Å². The maximum absolute atomic E-state index is 5.50. The fourth-order valence-corrected chi connectivity index (χ4v) is 1.47. The third kappa shape index (κ3) is 5.63. The van der Waals surface area contributed by atoms with Gasteiger partial charge in [-0.3, -0.25) is 0 Å². The predicted octanol–water partition coefficient (Wildman–Crippen LogP) is 2.43. The molecule has 0 saturated carbocycles. The van der Waals surface area contributed by atoms with Crippen LogP contribution in [0.15, 0.2) is 6.07 Å². The van der Waals surface area contributed by atoms with Crippen molar-refractivity contribution < 1.29 is 4.74 Å². The van der Waals surface area contributed by atoms with E-state index in [1.807, 2.05) is 13.0 Å². The van der Waals surface area contributed by atoms with Gasteiger partial charge in [0.2, 0.25) is 0 Å². The zero-order valence-corrected chi connectivity index (χ0v) is 11.3. The van der Waals surface area contributed by atoms with E-state index in [-0.39, 0.29) is 0 Å². The Morgan fingerprint density at radius 3 is 2.76 bits per heavy atom. The van der Waals surface area contributed by atoms with Crippen LogP contribution < -0.4 is 5.32 Å². The molecule has 0 aliphatic heterocycles. The fourth-order valence-electron chi connectivity index (χ4n) is 1.47. The Balaban J connectivity index is 2.33. The molecule has 0 aliphatic carbocycles. The lowest BCUT2D eigenvalue weighted by Crippen LogP contribution is -2.13. The number of hydrogen-bond donors (Lipinski definition) is 1. The molecule has 0 atom stereocenters. The molecule has 1 N–H and O–H groups in total. The molecule has 1 aromatic heterocycles. The van der Waals surface area contributed by atoms with Crippen LogP contribution in [-0.2, 0) is 11.2 Å². The van der Waals surface area contributed by atoms with Crippen molar-refractivity contribution in [2.75, 3.05) is 25.1 Å². The highest BCUT2D eigenvalue weighted by Gasteiger charge is 2.00. The van der Waals surface area contributed by atoms with E-state index in [1.165, 1.54) is 0 Å². The van der Waals surface area contributed by atoms with Gasteiger partial charge in [0.05, 0.1) is 6.61 Å². The Morgan fingerprint density at radius 1 is 1.35 bits per heavy atom. The second-order valence-corrected chi connectivity index (χ2v) is 4.54. The van der Waals surface area contributed by atoms with E-state index < -0.39 is 0 Å². The first-order valence-corrected chi connectivity index (χ1v) is 6.28. The maximum Gasteiger partial charge on any atom is 0.130 e. The highest BCUT2D eigenvalue weighted by molar-refractivity contribution is 5.35. The first-order valence-electron chi connectivity index (χ1n) is 6.28. The van der Waals surface area contributed by atoms with Crippen molar-refractivity contribution in [2.45, 2.75) is 34.1 Å². The molecule has 0 saturated heterocycles. The molecule has 0 radical (unpaired) electrons. The van der Waals surface area contributed by atoms with Gasteiger partial charge in [0, 0.05) is 24.9 Å². The van der Waals surface area contributed by atoms with Crippen molar-refractivity contribution in [3.05, 3.63) is 17.6 Å². The summed E-state index contributed by atoms with van der Waals surface area (Å²) in [5.74, 6) is 2.29. The molecule has 0 fully saturated rings. The molecule has 0 amide bonds. The average molecular weight is 237 g/mol. The van der Waals surface area contributed by atoms with Crippen LogP contribution in [0.25, 0.3) is 0 Å². The molecule has 4 nitrogen and oxygen atoms in total. The Hall–Kier alpha value is -1.16. The third-order valence-corrected chi connectivity index (χ3v) is 2.26. The normalized spacial score (nSPS) is 10.9. The molecule has 0 aromatic carbocycles. The van der Waals surface area contributed by atoms with Gasteiger partial charge in [-0.1, -0.05) is 20.8 Å². The van der Waals surface area contributed by atoms with Crippen LogP contribution >= 0.6 is 0 Å². The van der Waals surface area contributed by atoms with Crippen LogP contribution in [0.2, 0.25) is 0 Å². The van der Waals surface area contributed by atoms with Crippen molar-refractivity contribution in [1.82, 2.24) is 9.97 Å². The summed E-state index contributed by atoms with van der Waals surface area (Å²) in [5.41, 5.74) is 1.07. The van der Waals surface area contributed by atoms with Gasteiger partial charge in [-0.2, -0.15) is 0 Å². The maximum atomic E-state index is 5.50. The minimum atomic E-state index is 0.586. The van der Waals surface area contributed by atoms with Gasteiger partial charge >= 0.3 is 0 Å². The summed E-state index contributed by atoms with van der Waals surface area (Å²) in [5, 5.41) is 3.26. The molecule has 4 heteroatoms. The molecule has 1 aromatic rings. The molecular weight excluding hydrogens is 214 g/mol. The molecule has 0 unspecified atom stereocenters. The lowest BCUT2D eigenvalue weighted by Gasteiger charge is -2.09. The SMILES string of the molecule is CCc1cc(NCCOCC(C)C)nc(C)n1. The van der Waals surface area contributed by atoms with Crippen LogP contribution in [-0.4, -0.2) is 29.7 Å². The number of nitrogens with zero attached hydrogens (tertiary/aromatic N) is 2. The quantitative estimate of drug-likeness (QED) is 0.740. The summed E-state index contributed by atoms with van der Waals surface area (Å²) < 4.78 is 5.50. The van der Waals surface area contributed by atoms with Gasteiger partial charge < -0.3 is 10.1 Å². The van der Waals surface area contributed by atoms with Gasteiger partial charge in [-0.25, -0.2) is 9.97 Å². The van der Waals surface area contributed by atoms with E-state index in [2.05, 4.69) is 36.1 Å². The number of ether oxygens (including phenoxy) is 1. The number of aromatic nitrogens is 2. The third-order valence-electron chi connectivity index (χ3n) is 2.26. The van der Waals surface area contributed by atoms with Crippen molar-refractivity contribution in [1.29, 1.82) is 0 Å². The summed E-state index contributed by atoms with van der Waals surface area (Å²) in [7, 11) is 0. The molecule has 96 valence electrons. The molecule has 1 rings (SSSR count). The lowest BCUT2D eigenvalue weighted by atomic mass is 10.2. The summed E-state index contributed by atoms with van der Waals surface area (Å²) in [6.07, 6.45) is 0.932. The zero-order chi connectivity index (χ0) is 12.7. The van der Waals surface area contributed by atoms with Gasteiger partial charge in [0.1, 0.15) is 11.6 Å². The Bertz CT molecular complexity index is 339. The topological polar surface area (TPSA) is 47.0 Å². The number of nitrogens with one attached hydrogen (secondary N) is 1. The second-order valence-electron chi connectivity index (χ2n) is 4.54. The van der Waals surface area contributed by atoms with Crippen molar-refractivity contribution >= 4 is 5.82 Å². The lowest BCUT2D eigenvalue weighted by molar-refractivity contribution is 0.118. The second kappa shape index (κ2) is 7.22. The minimum absolute atomic E-state index is 0.586. The van der Waals surface area contributed by atoms with E-state index in [0.29, 0.717) is 12.5 Å². The Kier molecular flexibility index (Phi) is 5.91. The van der Waals surface area contributed by atoms with E-state index in [9.17, 15) is 0 Å². The van der Waals surface area contributed by atoms with Crippen molar-refractivity contribution in [3.8, 4) is 0 Å². The van der Waals surface area contributed by atoms with Crippen LogP contribution in [0.3, 0.4) is 0 Å². The Morgan fingerprint density at radius 2 is 2.12 bits per heavy atom. The molecular formula is C13H23N3O. The number of hydrogen-bond acceptors (Lipinski definition) is 4. The van der Waals surface area contributed by atoms with E-state index in [4.69, 9.17) is 4.74 Å². The summed E-state index contributed by atoms with van der Waals surface area (Å²) in [6, 6.07) is 2.00. The van der Waals surface area contributed by atoms with Crippen LogP contribution in [0.5, 0.6) is 0 Å². The number of aryl methyl sites for hydroxylation is 2. The van der Waals surface area contributed by atoms with Gasteiger partial charge in [0.15, 0.2) is 0 Å². The Labute approximate surface area is 104 Å². The van der Waals surface area contributed by atoms with E-state index in [0.717, 1.165) is 36.9 Å². The highest BCUT2D eigenvalue weighted by Crippen LogP contribution is 2.06. The number of rotatable bonds is 7. The van der Waals surface area contributed by atoms with Gasteiger partial charge in [-0.05, 0) is 19.3 Å². The summed E-state index contributed by atoms with van der Waals surface area (Å²) in [6.45, 7) is 10.6. The predicted molar refractivity (Wildman–Crippen MR) is 70.3 cm³/mol. The zero-order valence-electron chi connectivity index (χ0n) is 11.3. The fraction of sp³-hybridized carbons (Fsp3) is 0.692. The molecule has 17 heavy (non-hydrogen) atoms. The highest BCUT2D eigenvalue weighted by atomic mass is 16.5.